The Hall–Kier alpha value is 1.15. The molecule has 0 aliphatic rings. The van der Waals surface area contributed by atoms with Crippen LogP contribution >= 0.6 is 0 Å². The summed E-state index contributed by atoms with van der Waals surface area (Å²) in [6.45, 7) is 0. The summed E-state index contributed by atoms with van der Waals surface area (Å²) in [6, 6.07) is 0. The van der Waals surface area contributed by atoms with Crippen molar-refractivity contribution in [1.29, 1.82) is 0 Å². The molecule has 0 radical (unpaired) electrons. The molecule has 0 spiro atoms. The quantitative estimate of drug-likeness (QED) is 0.388. The van der Waals surface area contributed by atoms with Crippen LogP contribution in [0.25, 0.3) is 0 Å². The molecule has 2 nitrogen and oxygen atoms in total. The Morgan fingerprint density at radius 2 is 1.00 bits per heavy atom. The minimum Gasteiger partial charge on any atom is -1.00 e. The van der Waals surface area contributed by atoms with Crippen molar-refractivity contribution in [2.24, 2.45) is 0 Å². The van der Waals surface area contributed by atoms with Crippen LogP contribution < -0.4 is 24.8 Å². The van der Waals surface area contributed by atoms with Crippen LogP contribution in [-0.2, 0) is 29.3 Å². The fraction of sp³-hybridized carbons (Fsp3) is 1.00. The molecule has 8 heavy (non-hydrogen) atoms. The van der Waals surface area contributed by atoms with Gasteiger partial charge in [0.1, 0.15) is 9.84 Å². The predicted octanol–water partition coefficient (Wildman–Crippen LogP) is -6.33. The van der Waals surface area contributed by atoms with E-state index >= 15 is 0 Å². The summed E-state index contributed by atoms with van der Waals surface area (Å²) in [4.78, 5) is 0. The van der Waals surface area contributed by atoms with E-state index in [2.05, 4.69) is 0 Å². The first kappa shape index (κ1) is 22.9. The fourth-order valence-electron chi connectivity index (χ4n) is 0. The third kappa shape index (κ3) is 204. The molecular formula is C2H6Cl2O2SZn. The normalized spacial score (nSPS) is 7.25. The second-order valence-corrected chi connectivity index (χ2v) is 3.43. The van der Waals surface area contributed by atoms with Crippen LogP contribution in [0.1, 0.15) is 0 Å². The molecule has 48 valence electrons. The Morgan fingerprint density at radius 1 is 1.00 bits per heavy atom. The van der Waals surface area contributed by atoms with Gasteiger partial charge in [0.25, 0.3) is 0 Å². The van der Waals surface area contributed by atoms with Crippen LogP contribution in [0.15, 0.2) is 0 Å². The zero-order valence-corrected chi connectivity index (χ0v) is 9.98. The molecule has 6 heteroatoms. The van der Waals surface area contributed by atoms with Crippen LogP contribution in [0.5, 0.6) is 0 Å². The van der Waals surface area contributed by atoms with Crippen molar-refractivity contribution in [2.45, 2.75) is 0 Å². The maximum atomic E-state index is 9.63. The van der Waals surface area contributed by atoms with E-state index in [1.54, 1.807) is 0 Å². The fourth-order valence-corrected chi connectivity index (χ4v) is 0. The van der Waals surface area contributed by atoms with Crippen molar-refractivity contribution in [2.75, 3.05) is 12.5 Å². The molecule has 0 aliphatic heterocycles. The van der Waals surface area contributed by atoms with Gasteiger partial charge in [0.15, 0.2) is 0 Å². The summed E-state index contributed by atoms with van der Waals surface area (Å²) < 4.78 is 19.3. The van der Waals surface area contributed by atoms with E-state index in [0.29, 0.717) is 0 Å². The van der Waals surface area contributed by atoms with Gasteiger partial charge in [-0.1, -0.05) is 0 Å². The molecule has 0 heterocycles. The maximum Gasteiger partial charge on any atom is 2.00 e. The average molecular weight is 230 g/mol. The molecule has 0 amide bonds. The first-order valence-electron chi connectivity index (χ1n) is 1.15. The standard InChI is InChI=1S/C2H6O2S.2ClH.Zn/c1-5(2,3)4;;;/h1-2H3;2*1H;/q;;;+2/p-2. The Labute approximate surface area is 74.9 Å². The van der Waals surface area contributed by atoms with Gasteiger partial charge in [-0.25, -0.2) is 8.42 Å². The second kappa shape index (κ2) is 8.15. The van der Waals surface area contributed by atoms with Crippen LogP contribution in [0, 0.1) is 0 Å². The molecule has 0 aromatic rings. The maximum absolute atomic E-state index is 9.63. The number of hydrogen-bond acceptors (Lipinski definition) is 2. The van der Waals surface area contributed by atoms with Gasteiger partial charge in [0.05, 0.1) is 0 Å². The summed E-state index contributed by atoms with van der Waals surface area (Å²) in [5.74, 6) is 0. The van der Waals surface area contributed by atoms with Gasteiger partial charge < -0.3 is 24.8 Å². The first-order valence-corrected chi connectivity index (χ1v) is 3.45. The molecule has 0 bridgehead atoms. The number of sulfone groups is 1. The van der Waals surface area contributed by atoms with E-state index in [-0.39, 0.29) is 44.3 Å². The summed E-state index contributed by atoms with van der Waals surface area (Å²) in [7, 11) is -2.67. The number of hydrogen-bond donors (Lipinski definition) is 0. The van der Waals surface area contributed by atoms with Crippen molar-refractivity contribution >= 4 is 9.84 Å². The van der Waals surface area contributed by atoms with Crippen molar-refractivity contribution in [3.8, 4) is 0 Å². The molecule has 0 aromatic heterocycles. The van der Waals surface area contributed by atoms with Gasteiger partial charge in [-0.05, 0) is 0 Å². The Morgan fingerprint density at radius 3 is 1.00 bits per heavy atom. The SMILES string of the molecule is CS(C)(=O)=O.[Cl-].[Cl-].[Zn+2]. The van der Waals surface area contributed by atoms with E-state index in [1.807, 2.05) is 0 Å². The smallest absolute Gasteiger partial charge is 1.00 e. The zero-order chi connectivity index (χ0) is 4.50. The van der Waals surface area contributed by atoms with E-state index < -0.39 is 9.84 Å². The summed E-state index contributed by atoms with van der Waals surface area (Å²) >= 11 is 0. The second-order valence-electron chi connectivity index (χ2n) is 1.14. The largest absolute Gasteiger partial charge is 2.00 e. The van der Waals surface area contributed by atoms with Crippen molar-refractivity contribution in [3.05, 3.63) is 0 Å². The summed E-state index contributed by atoms with van der Waals surface area (Å²) in [6.07, 6.45) is 2.32. The molecule has 0 saturated heterocycles. The molecule has 0 unspecified atom stereocenters. The molecule has 0 aromatic carbocycles. The minimum absolute atomic E-state index is 0. The van der Waals surface area contributed by atoms with Crippen LogP contribution in [0.2, 0.25) is 0 Å². The number of halogens is 2. The van der Waals surface area contributed by atoms with Crippen molar-refractivity contribution < 1.29 is 52.7 Å². The van der Waals surface area contributed by atoms with Crippen molar-refractivity contribution in [1.82, 2.24) is 0 Å². The summed E-state index contributed by atoms with van der Waals surface area (Å²) in [5.41, 5.74) is 0. The molecule has 0 saturated carbocycles. The Bertz CT molecular complexity index is 101. The summed E-state index contributed by atoms with van der Waals surface area (Å²) in [5, 5.41) is 0. The number of rotatable bonds is 0. The van der Waals surface area contributed by atoms with E-state index in [9.17, 15) is 8.42 Å². The van der Waals surface area contributed by atoms with Gasteiger partial charge in [-0.15, -0.1) is 0 Å². The van der Waals surface area contributed by atoms with E-state index in [0.717, 1.165) is 12.5 Å². The van der Waals surface area contributed by atoms with E-state index in [4.69, 9.17) is 0 Å². The third-order valence-corrected chi connectivity index (χ3v) is 0. The van der Waals surface area contributed by atoms with Gasteiger partial charge >= 0.3 is 19.5 Å². The van der Waals surface area contributed by atoms with Gasteiger partial charge in [0, 0.05) is 12.5 Å². The monoisotopic (exact) mass is 228 g/mol. The zero-order valence-electron chi connectivity index (χ0n) is 4.69. The third-order valence-electron chi connectivity index (χ3n) is 0. The van der Waals surface area contributed by atoms with Gasteiger partial charge in [0.2, 0.25) is 0 Å². The predicted molar refractivity (Wildman–Crippen MR) is 20.8 cm³/mol. The molecular weight excluding hydrogens is 224 g/mol. The van der Waals surface area contributed by atoms with Crippen LogP contribution in [-0.4, -0.2) is 20.9 Å². The van der Waals surface area contributed by atoms with Crippen LogP contribution in [0.3, 0.4) is 0 Å². The Kier molecular flexibility index (Phi) is 23.4. The van der Waals surface area contributed by atoms with E-state index in [1.165, 1.54) is 0 Å². The average Bonchev–Trinajstić information content (AvgIpc) is 0.722. The first-order chi connectivity index (χ1) is 2.00. The van der Waals surface area contributed by atoms with Gasteiger partial charge in [-0.2, -0.15) is 0 Å². The molecule has 0 aliphatic carbocycles. The van der Waals surface area contributed by atoms with Gasteiger partial charge in [-0.3, -0.25) is 0 Å². The topological polar surface area (TPSA) is 34.1 Å². The molecule has 0 rings (SSSR count). The molecule has 0 fully saturated rings. The molecule has 0 N–H and O–H groups in total. The Balaban J connectivity index is -0.0000000267. The van der Waals surface area contributed by atoms with Crippen molar-refractivity contribution in [3.63, 3.8) is 0 Å². The van der Waals surface area contributed by atoms with Crippen LogP contribution in [0.4, 0.5) is 0 Å². The minimum atomic E-state index is -2.67. The molecule has 0 atom stereocenters.